The van der Waals surface area contributed by atoms with Gasteiger partial charge in [0.25, 0.3) is 0 Å². The summed E-state index contributed by atoms with van der Waals surface area (Å²) >= 11 is 0. The van der Waals surface area contributed by atoms with Gasteiger partial charge in [0.2, 0.25) is 0 Å². The van der Waals surface area contributed by atoms with Crippen LogP contribution in [0.3, 0.4) is 0 Å². The predicted molar refractivity (Wildman–Crippen MR) is 225 cm³/mol. The maximum absolute atomic E-state index is 2.48. The molecule has 0 fully saturated rings. The van der Waals surface area contributed by atoms with E-state index in [-0.39, 0.29) is 10.8 Å². The summed E-state index contributed by atoms with van der Waals surface area (Å²) in [5, 5.41) is 2.48. The molecular weight excluding hydrogens is 639 g/mol. The highest BCUT2D eigenvalue weighted by atomic mass is 15.1. The van der Waals surface area contributed by atoms with E-state index in [1.54, 1.807) is 0 Å². The molecule has 10 rings (SSSR count). The first-order valence-electron chi connectivity index (χ1n) is 18.8. The van der Waals surface area contributed by atoms with Gasteiger partial charge in [-0.25, -0.2) is 0 Å². The summed E-state index contributed by atoms with van der Waals surface area (Å²) in [4.78, 5) is 2.48. The smallest absolute Gasteiger partial charge is 0.0546 e. The lowest BCUT2D eigenvalue weighted by atomic mass is 9.82. The molecule has 0 bridgehead atoms. The third kappa shape index (κ3) is 4.70. The number of rotatable bonds is 5. The van der Waals surface area contributed by atoms with Gasteiger partial charge < -0.3 is 4.90 Å². The fourth-order valence-corrected chi connectivity index (χ4v) is 9.40. The minimum Gasteiger partial charge on any atom is -0.310 e. The monoisotopic (exact) mass is 679 g/mol. The fraction of sp³-hybridized carbons (Fsp3) is 0.115. The van der Waals surface area contributed by atoms with Crippen molar-refractivity contribution >= 4 is 27.8 Å². The zero-order valence-corrected chi connectivity index (χ0v) is 30.7. The largest absolute Gasteiger partial charge is 0.310 e. The second-order valence-corrected chi connectivity index (χ2v) is 15.7. The maximum atomic E-state index is 2.48. The zero-order chi connectivity index (χ0) is 35.9. The average Bonchev–Trinajstić information content (AvgIpc) is 3.58. The molecule has 8 aromatic rings. The lowest BCUT2D eigenvalue weighted by molar-refractivity contribution is 0.660. The van der Waals surface area contributed by atoms with Crippen molar-refractivity contribution in [3.63, 3.8) is 0 Å². The van der Waals surface area contributed by atoms with Crippen LogP contribution in [0.5, 0.6) is 0 Å². The number of hydrogen-bond acceptors (Lipinski definition) is 1. The molecule has 2 aliphatic rings. The molecule has 1 nitrogen and oxygen atoms in total. The van der Waals surface area contributed by atoms with E-state index in [4.69, 9.17) is 0 Å². The Morgan fingerprint density at radius 1 is 0.358 bits per heavy atom. The lowest BCUT2D eigenvalue weighted by Crippen LogP contribution is -2.17. The highest BCUT2D eigenvalue weighted by molar-refractivity contribution is 6.05. The van der Waals surface area contributed by atoms with Crippen molar-refractivity contribution in [1.29, 1.82) is 0 Å². The summed E-state index contributed by atoms with van der Waals surface area (Å²) < 4.78 is 0. The van der Waals surface area contributed by atoms with Crippen molar-refractivity contribution < 1.29 is 0 Å². The third-order valence-electron chi connectivity index (χ3n) is 12.1. The van der Waals surface area contributed by atoms with Gasteiger partial charge in [0.1, 0.15) is 0 Å². The molecule has 0 atom stereocenters. The van der Waals surface area contributed by atoms with E-state index in [1.807, 2.05) is 0 Å². The number of anilines is 3. The summed E-state index contributed by atoms with van der Waals surface area (Å²) in [6.45, 7) is 9.44. The molecular formula is C52H41N. The van der Waals surface area contributed by atoms with Crippen molar-refractivity contribution in [3.8, 4) is 44.5 Å². The first-order valence-corrected chi connectivity index (χ1v) is 18.8. The molecule has 0 aliphatic heterocycles. The van der Waals surface area contributed by atoms with E-state index in [2.05, 4.69) is 209 Å². The highest BCUT2D eigenvalue weighted by Gasteiger charge is 2.37. The van der Waals surface area contributed by atoms with Crippen LogP contribution in [0, 0.1) is 0 Å². The van der Waals surface area contributed by atoms with Gasteiger partial charge in [-0.2, -0.15) is 0 Å². The Morgan fingerprint density at radius 3 is 1.74 bits per heavy atom. The van der Waals surface area contributed by atoms with Gasteiger partial charge in [-0.05, 0) is 102 Å². The minimum atomic E-state index is -0.110. The molecule has 254 valence electrons. The quantitative estimate of drug-likeness (QED) is 0.175. The number of hydrogen-bond donors (Lipinski definition) is 0. The van der Waals surface area contributed by atoms with E-state index in [9.17, 15) is 0 Å². The Balaban J connectivity index is 1.18. The van der Waals surface area contributed by atoms with E-state index in [1.165, 1.54) is 77.5 Å². The summed E-state index contributed by atoms with van der Waals surface area (Å²) in [6.07, 6.45) is 0. The average molecular weight is 680 g/mol. The van der Waals surface area contributed by atoms with E-state index >= 15 is 0 Å². The molecule has 0 aromatic heterocycles. The molecule has 1 heteroatoms. The van der Waals surface area contributed by atoms with Gasteiger partial charge in [0, 0.05) is 27.8 Å². The topological polar surface area (TPSA) is 3.24 Å². The van der Waals surface area contributed by atoms with Gasteiger partial charge in [-0.15, -0.1) is 0 Å². The van der Waals surface area contributed by atoms with Crippen molar-refractivity contribution in [2.45, 2.75) is 38.5 Å². The Kier molecular flexibility index (Phi) is 6.94. The van der Waals surface area contributed by atoms with Crippen molar-refractivity contribution in [2.24, 2.45) is 0 Å². The molecule has 0 unspecified atom stereocenters. The summed E-state index contributed by atoms with van der Waals surface area (Å²) in [7, 11) is 0. The van der Waals surface area contributed by atoms with Gasteiger partial charge >= 0.3 is 0 Å². The highest BCUT2D eigenvalue weighted by Crippen LogP contribution is 2.54. The fourth-order valence-electron chi connectivity index (χ4n) is 9.40. The standard InChI is InChI=1S/C52H41N/c1-51(2)45-23-13-11-20-43(45)50-40(21-14-24-46(50)51)35-25-28-37(29-26-35)53(38-30-31-42-41-19-10-12-22-44(41)52(3,4)47(42)33-38)48-32-27-34-15-8-9-18-39(34)49(48)36-16-6-5-7-17-36/h5-33H,1-4H3. The summed E-state index contributed by atoms with van der Waals surface area (Å²) in [5.41, 5.74) is 19.2. The Bertz CT molecular complexity index is 2710. The second-order valence-electron chi connectivity index (χ2n) is 15.7. The number of fused-ring (bicyclic) bond motifs is 7. The normalized spacial score (nSPS) is 14.3. The van der Waals surface area contributed by atoms with Crippen LogP contribution in [0.2, 0.25) is 0 Å². The maximum Gasteiger partial charge on any atom is 0.0546 e. The predicted octanol–water partition coefficient (Wildman–Crippen LogP) is 14.3. The van der Waals surface area contributed by atoms with Gasteiger partial charge in [-0.1, -0.05) is 173 Å². The van der Waals surface area contributed by atoms with Crippen molar-refractivity contribution in [3.05, 3.63) is 198 Å². The Morgan fingerprint density at radius 2 is 0.943 bits per heavy atom. The Hall–Kier alpha value is -6.18. The molecule has 0 N–H and O–H groups in total. The van der Waals surface area contributed by atoms with E-state index in [0.29, 0.717) is 0 Å². The third-order valence-corrected chi connectivity index (χ3v) is 12.1. The van der Waals surface area contributed by atoms with Gasteiger partial charge in [0.05, 0.1) is 5.69 Å². The molecule has 8 aromatic carbocycles. The van der Waals surface area contributed by atoms with Crippen LogP contribution in [0.1, 0.15) is 49.9 Å². The molecule has 0 radical (unpaired) electrons. The summed E-state index contributed by atoms with van der Waals surface area (Å²) in [6, 6.07) is 65.3. The van der Waals surface area contributed by atoms with Crippen LogP contribution >= 0.6 is 0 Å². The number of nitrogens with zero attached hydrogens (tertiary/aromatic N) is 1. The summed E-state index contributed by atoms with van der Waals surface area (Å²) in [5.74, 6) is 0. The zero-order valence-electron chi connectivity index (χ0n) is 30.7. The molecule has 0 heterocycles. The van der Waals surface area contributed by atoms with Crippen LogP contribution in [0.25, 0.3) is 55.3 Å². The van der Waals surface area contributed by atoms with Crippen molar-refractivity contribution in [2.75, 3.05) is 4.90 Å². The molecule has 53 heavy (non-hydrogen) atoms. The second kappa shape index (κ2) is 11.7. The molecule has 2 aliphatic carbocycles. The van der Waals surface area contributed by atoms with Crippen LogP contribution < -0.4 is 4.90 Å². The number of benzene rings is 8. The van der Waals surface area contributed by atoms with Crippen LogP contribution in [0.15, 0.2) is 176 Å². The molecule has 0 amide bonds. The molecule has 0 saturated carbocycles. The van der Waals surface area contributed by atoms with E-state index in [0.717, 1.165) is 17.1 Å². The van der Waals surface area contributed by atoms with Gasteiger partial charge in [-0.3, -0.25) is 0 Å². The van der Waals surface area contributed by atoms with Crippen LogP contribution in [0.4, 0.5) is 17.1 Å². The lowest BCUT2D eigenvalue weighted by Gasteiger charge is -2.30. The Labute approximate surface area is 312 Å². The first-order chi connectivity index (χ1) is 25.8. The first kappa shape index (κ1) is 31.5. The molecule has 0 saturated heterocycles. The van der Waals surface area contributed by atoms with Crippen molar-refractivity contribution in [1.82, 2.24) is 0 Å². The molecule has 0 spiro atoms. The van der Waals surface area contributed by atoms with Crippen LogP contribution in [-0.2, 0) is 10.8 Å². The minimum absolute atomic E-state index is 0.0381. The van der Waals surface area contributed by atoms with Crippen LogP contribution in [-0.4, -0.2) is 0 Å². The van der Waals surface area contributed by atoms with E-state index < -0.39 is 0 Å². The van der Waals surface area contributed by atoms with Gasteiger partial charge in [0.15, 0.2) is 0 Å². The SMILES string of the molecule is CC1(C)c2ccccc2-c2ccc(N(c3ccc(-c4cccc5c4-c4ccccc4C5(C)C)cc3)c3ccc4ccccc4c3-c3ccccc3)cc21.